The first kappa shape index (κ1) is 20.6. The first-order valence-corrected chi connectivity index (χ1v) is 10.3. The molecule has 1 aliphatic heterocycles. The Kier molecular flexibility index (Phi) is 6.26. The molecule has 0 aliphatic carbocycles. The third-order valence-corrected chi connectivity index (χ3v) is 4.77. The normalized spacial score (nSPS) is 14.6. The average Bonchev–Trinajstić information content (AvgIpc) is 3.02. The Morgan fingerprint density at radius 3 is 2.25 bits per heavy atom. The Morgan fingerprint density at radius 1 is 1.04 bits per heavy atom. The summed E-state index contributed by atoms with van der Waals surface area (Å²) in [5.41, 5.74) is 5.25. The maximum Gasteiger partial charge on any atom is 0.226 e. The summed E-state index contributed by atoms with van der Waals surface area (Å²) >= 11 is 3.47. The molecule has 28 heavy (non-hydrogen) atoms. The zero-order valence-electron chi connectivity index (χ0n) is 16.9. The van der Waals surface area contributed by atoms with Crippen molar-refractivity contribution in [2.45, 2.75) is 52.8 Å². The summed E-state index contributed by atoms with van der Waals surface area (Å²) in [7, 11) is 0. The molecule has 1 atom stereocenters. The van der Waals surface area contributed by atoms with Crippen LogP contribution in [0, 0.1) is 0 Å². The molecule has 0 bridgehead atoms. The van der Waals surface area contributed by atoms with Gasteiger partial charge in [-0.1, -0.05) is 15.9 Å². The Bertz CT molecular complexity index is 811. The number of halogens is 1. The van der Waals surface area contributed by atoms with Gasteiger partial charge in [-0.2, -0.15) is 9.97 Å². The predicted molar refractivity (Wildman–Crippen MR) is 118 cm³/mol. The van der Waals surface area contributed by atoms with Gasteiger partial charge in [0, 0.05) is 28.8 Å². The van der Waals surface area contributed by atoms with E-state index in [0.29, 0.717) is 18.3 Å². The van der Waals surface area contributed by atoms with Crippen molar-refractivity contribution in [3.8, 4) is 0 Å². The summed E-state index contributed by atoms with van der Waals surface area (Å²) in [5, 5.41) is 20.3. The van der Waals surface area contributed by atoms with Crippen molar-refractivity contribution < 1.29 is 5.11 Å². The van der Waals surface area contributed by atoms with Gasteiger partial charge >= 0.3 is 0 Å². The van der Waals surface area contributed by atoms with Crippen LogP contribution < -0.4 is 26.2 Å². The number of nitrogens with zero attached hydrogens (tertiary/aromatic N) is 4. The summed E-state index contributed by atoms with van der Waals surface area (Å²) in [6.07, 6.45) is -0.494. The molecule has 4 N–H and O–H groups in total. The van der Waals surface area contributed by atoms with Crippen molar-refractivity contribution in [2.24, 2.45) is 0 Å². The topological polar surface area (TPSA) is 88.6 Å². The molecule has 1 unspecified atom stereocenters. The fourth-order valence-electron chi connectivity index (χ4n) is 2.86. The van der Waals surface area contributed by atoms with Crippen LogP contribution in [0.4, 0.5) is 29.0 Å². The number of aliphatic hydroxyl groups is 1. The molecule has 0 saturated carbocycles. The first-order valence-electron chi connectivity index (χ1n) is 9.47. The number of anilines is 5. The van der Waals surface area contributed by atoms with Crippen LogP contribution in [-0.2, 0) is 0 Å². The van der Waals surface area contributed by atoms with Crippen LogP contribution in [0.2, 0.25) is 0 Å². The maximum atomic E-state index is 9.62. The van der Waals surface area contributed by atoms with E-state index in [-0.39, 0.29) is 12.1 Å². The third-order valence-electron chi connectivity index (χ3n) is 4.25. The summed E-state index contributed by atoms with van der Waals surface area (Å²) < 4.78 is 1.02. The molecule has 1 aromatic carbocycles. The van der Waals surface area contributed by atoms with Crippen LogP contribution >= 0.6 is 15.9 Å². The van der Waals surface area contributed by atoms with Gasteiger partial charge in [0.2, 0.25) is 5.95 Å². The quantitative estimate of drug-likeness (QED) is 0.509. The summed E-state index contributed by atoms with van der Waals surface area (Å²) in [6, 6.07) is 8.34. The van der Waals surface area contributed by atoms with E-state index in [9.17, 15) is 5.11 Å². The second-order valence-corrected chi connectivity index (χ2v) is 8.37. The van der Waals surface area contributed by atoms with Gasteiger partial charge in [0.1, 0.15) is 5.69 Å². The van der Waals surface area contributed by atoms with Crippen molar-refractivity contribution in [3.05, 3.63) is 28.7 Å². The fraction of sp³-hybridized carbons (Fsp3) is 0.474. The number of fused-ring (bicyclic) bond motifs is 1. The first-order chi connectivity index (χ1) is 13.3. The molecule has 1 aliphatic rings. The molecule has 0 radical (unpaired) electrons. The number of hydrogen-bond acceptors (Lipinski definition) is 8. The van der Waals surface area contributed by atoms with Gasteiger partial charge in [-0.05, 0) is 58.9 Å². The Labute approximate surface area is 174 Å². The second kappa shape index (κ2) is 8.50. The van der Waals surface area contributed by atoms with Gasteiger partial charge in [-0.15, -0.1) is 5.53 Å². The smallest absolute Gasteiger partial charge is 0.226 e. The highest BCUT2D eigenvalue weighted by Gasteiger charge is 2.34. The summed E-state index contributed by atoms with van der Waals surface area (Å²) in [6.45, 7) is 10.5. The number of hydrazine groups is 2. The number of aliphatic hydroxyl groups excluding tert-OH is 1. The highest BCUT2D eigenvalue weighted by atomic mass is 79.9. The number of aromatic nitrogens is 2. The molecule has 2 aromatic rings. The van der Waals surface area contributed by atoms with E-state index < -0.39 is 6.10 Å². The predicted octanol–water partition coefficient (Wildman–Crippen LogP) is 3.64. The molecule has 2 heterocycles. The van der Waals surface area contributed by atoms with Crippen LogP contribution in [0.5, 0.6) is 0 Å². The SMILES string of the molecule is CC(O)CNc1nc(Nc2ccc(Br)cc2)c2c(n1)N(C(C)C)NN2C(C)C. The molecule has 152 valence electrons. The molecule has 0 fully saturated rings. The van der Waals surface area contributed by atoms with Crippen LogP contribution in [0.1, 0.15) is 34.6 Å². The average molecular weight is 450 g/mol. The lowest BCUT2D eigenvalue weighted by Crippen LogP contribution is -2.50. The fourth-order valence-corrected chi connectivity index (χ4v) is 3.12. The largest absolute Gasteiger partial charge is 0.392 e. The van der Waals surface area contributed by atoms with Crippen LogP contribution in [0.25, 0.3) is 0 Å². The number of nitrogens with one attached hydrogen (secondary N) is 3. The monoisotopic (exact) mass is 449 g/mol. The molecule has 8 nitrogen and oxygen atoms in total. The standard InChI is InChI=1S/C19H28BrN7O/c1-11(2)26-16-17(22-15-8-6-14(20)7-9-15)23-19(21-10-13(5)28)24-18(16)27(25-26)12(3)4/h6-9,11-13,25,28H,10H2,1-5H3,(H2,21,22,23,24). The van der Waals surface area contributed by atoms with Crippen LogP contribution in [0.3, 0.4) is 0 Å². The molecule has 0 saturated heterocycles. The summed E-state index contributed by atoms with van der Waals surface area (Å²) in [4.78, 5) is 9.41. The van der Waals surface area contributed by atoms with Gasteiger partial charge in [-0.3, -0.25) is 10.0 Å². The minimum absolute atomic E-state index is 0.197. The van der Waals surface area contributed by atoms with Crippen molar-refractivity contribution in [3.63, 3.8) is 0 Å². The van der Waals surface area contributed by atoms with Crippen molar-refractivity contribution in [2.75, 3.05) is 27.2 Å². The minimum atomic E-state index is -0.494. The van der Waals surface area contributed by atoms with Gasteiger partial charge in [0.15, 0.2) is 11.6 Å². The van der Waals surface area contributed by atoms with Crippen molar-refractivity contribution in [1.29, 1.82) is 0 Å². The molecule has 9 heteroatoms. The second-order valence-electron chi connectivity index (χ2n) is 7.46. The number of rotatable bonds is 7. The number of hydrogen-bond donors (Lipinski definition) is 4. The molecular weight excluding hydrogens is 422 g/mol. The van der Waals surface area contributed by atoms with E-state index >= 15 is 0 Å². The van der Waals surface area contributed by atoms with Crippen molar-refractivity contribution >= 4 is 44.9 Å². The van der Waals surface area contributed by atoms with E-state index in [2.05, 4.69) is 64.8 Å². The van der Waals surface area contributed by atoms with Gasteiger partial charge in [0.25, 0.3) is 0 Å². The van der Waals surface area contributed by atoms with Gasteiger partial charge < -0.3 is 15.7 Å². The lowest BCUT2D eigenvalue weighted by molar-refractivity contribution is 0.208. The minimum Gasteiger partial charge on any atom is -0.392 e. The van der Waals surface area contributed by atoms with Crippen LogP contribution in [-0.4, -0.2) is 39.8 Å². The van der Waals surface area contributed by atoms with E-state index in [1.807, 2.05) is 29.3 Å². The number of benzene rings is 1. The Hall–Kier alpha value is -2.10. The molecule has 3 rings (SSSR count). The Balaban J connectivity index is 2.06. The highest BCUT2D eigenvalue weighted by molar-refractivity contribution is 9.10. The molecule has 0 amide bonds. The lowest BCUT2D eigenvalue weighted by Gasteiger charge is -2.27. The highest BCUT2D eigenvalue weighted by Crippen LogP contribution is 2.41. The van der Waals surface area contributed by atoms with E-state index in [1.165, 1.54) is 0 Å². The van der Waals surface area contributed by atoms with Crippen molar-refractivity contribution in [1.82, 2.24) is 15.5 Å². The van der Waals surface area contributed by atoms with E-state index in [0.717, 1.165) is 21.7 Å². The zero-order valence-corrected chi connectivity index (χ0v) is 18.4. The maximum absolute atomic E-state index is 9.62. The van der Waals surface area contributed by atoms with E-state index in [4.69, 9.17) is 9.97 Å². The molecule has 1 aromatic heterocycles. The Morgan fingerprint density at radius 2 is 1.68 bits per heavy atom. The van der Waals surface area contributed by atoms with Crippen LogP contribution in [0.15, 0.2) is 28.7 Å². The van der Waals surface area contributed by atoms with Gasteiger partial charge in [-0.25, -0.2) is 0 Å². The van der Waals surface area contributed by atoms with E-state index in [1.54, 1.807) is 6.92 Å². The third kappa shape index (κ3) is 4.48. The van der Waals surface area contributed by atoms with Gasteiger partial charge in [0.05, 0.1) is 6.10 Å². The lowest BCUT2D eigenvalue weighted by atomic mass is 10.3. The zero-order chi connectivity index (χ0) is 20.4. The molecular formula is C19H28BrN7O. The summed E-state index contributed by atoms with van der Waals surface area (Å²) in [5.74, 6) is 1.97. The molecule has 0 spiro atoms.